The van der Waals surface area contributed by atoms with E-state index in [4.69, 9.17) is 9.47 Å². The van der Waals surface area contributed by atoms with E-state index < -0.39 is 0 Å². The summed E-state index contributed by atoms with van der Waals surface area (Å²) in [5, 5.41) is 6.63. The zero-order valence-electron chi connectivity index (χ0n) is 14.4. The van der Waals surface area contributed by atoms with Gasteiger partial charge in [-0.2, -0.15) is 0 Å². The van der Waals surface area contributed by atoms with Crippen LogP contribution in [-0.4, -0.2) is 32.8 Å². The molecule has 132 valence electrons. The smallest absolute Gasteiger partial charge is 0.191 e. The van der Waals surface area contributed by atoms with Crippen LogP contribution >= 0.6 is 39.9 Å². The van der Waals surface area contributed by atoms with E-state index in [-0.39, 0.29) is 24.0 Å². The fraction of sp³-hybridized carbons (Fsp3) is 0.562. The molecule has 0 aliphatic rings. The molecular formula is C16H27BrIN3O2. The molecule has 0 saturated heterocycles. The van der Waals surface area contributed by atoms with Crippen LogP contribution in [0.5, 0.6) is 11.5 Å². The minimum Gasteiger partial charge on any atom is -0.493 e. The van der Waals surface area contributed by atoms with E-state index in [0.29, 0.717) is 24.1 Å². The van der Waals surface area contributed by atoms with Crippen molar-refractivity contribution in [1.29, 1.82) is 0 Å². The lowest BCUT2D eigenvalue weighted by Crippen LogP contribution is -2.41. The largest absolute Gasteiger partial charge is 0.493 e. The predicted octanol–water partition coefficient (Wildman–Crippen LogP) is 3.94. The fourth-order valence-electron chi connectivity index (χ4n) is 1.89. The van der Waals surface area contributed by atoms with E-state index in [1.54, 1.807) is 14.2 Å². The van der Waals surface area contributed by atoms with Crippen LogP contribution in [0.15, 0.2) is 21.6 Å². The number of methoxy groups -OCH3 is 2. The summed E-state index contributed by atoms with van der Waals surface area (Å²) in [4.78, 5) is 4.62. The molecule has 23 heavy (non-hydrogen) atoms. The van der Waals surface area contributed by atoms with Gasteiger partial charge < -0.3 is 20.1 Å². The number of benzene rings is 1. The maximum atomic E-state index is 5.36. The Kier molecular flexibility index (Phi) is 11.4. The van der Waals surface area contributed by atoms with Gasteiger partial charge in [0.2, 0.25) is 0 Å². The first-order valence-electron chi connectivity index (χ1n) is 7.50. The summed E-state index contributed by atoms with van der Waals surface area (Å²) < 4.78 is 11.5. The number of halogens is 2. The molecule has 1 aromatic carbocycles. The first-order valence-corrected chi connectivity index (χ1v) is 8.30. The van der Waals surface area contributed by atoms with Crippen LogP contribution in [0.25, 0.3) is 0 Å². The highest BCUT2D eigenvalue weighted by atomic mass is 127. The molecule has 5 nitrogen and oxygen atoms in total. The summed E-state index contributed by atoms with van der Waals surface area (Å²) in [7, 11) is 3.26. The second-order valence-electron chi connectivity index (χ2n) is 4.96. The summed E-state index contributed by atoms with van der Waals surface area (Å²) >= 11 is 3.50. The van der Waals surface area contributed by atoms with Crippen molar-refractivity contribution < 1.29 is 9.47 Å². The molecular weight excluding hydrogens is 473 g/mol. The predicted molar refractivity (Wildman–Crippen MR) is 110 cm³/mol. The number of hydrogen-bond acceptors (Lipinski definition) is 3. The molecule has 0 aromatic heterocycles. The Morgan fingerprint density at radius 1 is 1.26 bits per heavy atom. The third-order valence-corrected chi connectivity index (χ3v) is 3.84. The second kappa shape index (κ2) is 11.8. The highest BCUT2D eigenvalue weighted by Gasteiger charge is 2.10. The van der Waals surface area contributed by atoms with Gasteiger partial charge in [-0.3, -0.25) is 0 Å². The molecule has 0 amide bonds. The number of nitrogens with zero attached hydrogens (tertiary/aromatic N) is 1. The molecule has 0 bridgehead atoms. The number of rotatable bonds is 7. The third-order valence-electron chi connectivity index (χ3n) is 3.25. The topological polar surface area (TPSA) is 54.9 Å². The highest BCUT2D eigenvalue weighted by Crippen LogP contribution is 2.36. The van der Waals surface area contributed by atoms with Crippen LogP contribution in [0, 0.1) is 0 Å². The lowest BCUT2D eigenvalue weighted by Gasteiger charge is -2.16. The van der Waals surface area contributed by atoms with Crippen molar-refractivity contribution in [2.45, 2.75) is 39.8 Å². The molecule has 1 unspecified atom stereocenters. The number of hydrogen-bond donors (Lipinski definition) is 2. The molecule has 1 atom stereocenters. The zero-order valence-corrected chi connectivity index (χ0v) is 18.3. The van der Waals surface area contributed by atoms with Gasteiger partial charge in [0.05, 0.1) is 25.2 Å². The average Bonchev–Trinajstić information content (AvgIpc) is 2.51. The normalized spacial score (nSPS) is 12.2. The molecule has 2 N–H and O–H groups in total. The quantitative estimate of drug-likeness (QED) is 0.339. The van der Waals surface area contributed by atoms with Crippen molar-refractivity contribution >= 4 is 45.9 Å². The van der Waals surface area contributed by atoms with Gasteiger partial charge in [-0.15, -0.1) is 24.0 Å². The van der Waals surface area contributed by atoms with E-state index in [9.17, 15) is 0 Å². The van der Waals surface area contributed by atoms with Crippen LogP contribution in [-0.2, 0) is 6.54 Å². The molecule has 0 spiro atoms. The molecule has 7 heteroatoms. The summed E-state index contributed by atoms with van der Waals surface area (Å²) in [6, 6.07) is 4.33. The lowest BCUT2D eigenvalue weighted by atomic mass is 10.2. The minimum atomic E-state index is 0. The van der Waals surface area contributed by atoms with Crippen molar-refractivity contribution in [1.82, 2.24) is 10.6 Å². The van der Waals surface area contributed by atoms with Crippen LogP contribution in [0.2, 0.25) is 0 Å². The third kappa shape index (κ3) is 7.15. The second-order valence-corrected chi connectivity index (χ2v) is 5.82. The Labute approximate surface area is 164 Å². The average molecular weight is 500 g/mol. The molecule has 0 aliphatic carbocycles. The Morgan fingerprint density at radius 2 is 1.96 bits per heavy atom. The fourth-order valence-corrected chi connectivity index (χ4v) is 2.54. The number of aliphatic imine (C=N–C) groups is 1. The van der Waals surface area contributed by atoms with E-state index in [0.717, 1.165) is 29.0 Å². The van der Waals surface area contributed by atoms with Gasteiger partial charge in [-0.05, 0) is 53.9 Å². The molecule has 0 aliphatic heterocycles. The number of ether oxygens (including phenoxy) is 2. The van der Waals surface area contributed by atoms with Crippen LogP contribution in [0.1, 0.15) is 32.8 Å². The van der Waals surface area contributed by atoms with Crippen LogP contribution < -0.4 is 20.1 Å². The standard InChI is InChI=1S/C16H26BrN3O2.HI/c1-6-11(3)20-16(18-7-2)19-10-12-8-13(17)15(22-5)14(9-12)21-4;/h8-9,11H,6-7,10H2,1-5H3,(H2,18,19,20);1H. The van der Waals surface area contributed by atoms with Crippen molar-refractivity contribution in [3.05, 3.63) is 22.2 Å². The van der Waals surface area contributed by atoms with E-state index in [2.05, 4.69) is 52.3 Å². The molecule has 0 heterocycles. The van der Waals surface area contributed by atoms with Gasteiger partial charge in [0.15, 0.2) is 17.5 Å². The SMILES string of the molecule is CCNC(=NCc1cc(Br)c(OC)c(OC)c1)NC(C)CC.I. The van der Waals surface area contributed by atoms with Gasteiger partial charge in [0, 0.05) is 12.6 Å². The number of nitrogens with one attached hydrogen (secondary N) is 2. The molecule has 0 fully saturated rings. The van der Waals surface area contributed by atoms with Gasteiger partial charge in [0.25, 0.3) is 0 Å². The number of guanidine groups is 1. The maximum absolute atomic E-state index is 5.36. The zero-order chi connectivity index (χ0) is 16.5. The van der Waals surface area contributed by atoms with E-state index >= 15 is 0 Å². The highest BCUT2D eigenvalue weighted by molar-refractivity contribution is 14.0. The van der Waals surface area contributed by atoms with Crippen LogP contribution in [0.3, 0.4) is 0 Å². The molecule has 1 aromatic rings. The summed E-state index contributed by atoms with van der Waals surface area (Å²) in [6.07, 6.45) is 1.05. The Balaban J connectivity index is 0.00000484. The lowest BCUT2D eigenvalue weighted by molar-refractivity contribution is 0.352. The first-order chi connectivity index (χ1) is 10.5. The summed E-state index contributed by atoms with van der Waals surface area (Å²) in [6.45, 7) is 7.73. The van der Waals surface area contributed by atoms with Crippen molar-refractivity contribution in [2.24, 2.45) is 4.99 Å². The van der Waals surface area contributed by atoms with Crippen molar-refractivity contribution in [3.8, 4) is 11.5 Å². The van der Waals surface area contributed by atoms with Crippen molar-refractivity contribution in [3.63, 3.8) is 0 Å². The first kappa shape index (κ1) is 22.3. The maximum Gasteiger partial charge on any atom is 0.191 e. The summed E-state index contributed by atoms with van der Waals surface area (Å²) in [5.41, 5.74) is 1.05. The Morgan fingerprint density at radius 3 is 2.48 bits per heavy atom. The van der Waals surface area contributed by atoms with Gasteiger partial charge in [-0.25, -0.2) is 4.99 Å². The van der Waals surface area contributed by atoms with Gasteiger partial charge in [-0.1, -0.05) is 6.92 Å². The summed E-state index contributed by atoms with van der Waals surface area (Å²) in [5.74, 6) is 2.21. The van der Waals surface area contributed by atoms with E-state index in [1.165, 1.54) is 0 Å². The minimum absolute atomic E-state index is 0. The van der Waals surface area contributed by atoms with Gasteiger partial charge >= 0.3 is 0 Å². The van der Waals surface area contributed by atoms with Crippen molar-refractivity contribution in [2.75, 3.05) is 20.8 Å². The van der Waals surface area contributed by atoms with E-state index in [1.807, 2.05) is 12.1 Å². The van der Waals surface area contributed by atoms with Gasteiger partial charge in [0.1, 0.15) is 0 Å². The monoisotopic (exact) mass is 499 g/mol. The molecule has 1 rings (SSSR count). The molecule has 0 radical (unpaired) electrons. The molecule has 0 saturated carbocycles. The Hall–Kier alpha value is -0.700. The van der Waals surface area contributed by atoms with Crippen LogP contribution in [0.4, 0.5) is 0 Å². The Bertz CT molecular complexity index is 512.